The van der Waals surface area contributed by atoms with E-state index in [0.717, 1.165) is 11.3 Å². The fraction of sp³-hybridized carbons (Fsp3) is 0.556. The average Bonchev–Trinajstić information content (AvgIpc) is 2.96. The summed E-state index contributed by atoms with van der Waals surface area (Å²) in [5.74, 6) is -0.417. The van der Waals surface area contributed by atoms with Crippen LogP contribution in [0.4, 0.5) is 14.3 Å². The number of benzene rings is 1. The minimum atomic E-state index is -0.672. The average molecular weight is 394 g/mol. The molecule has 146 valence electrons. The Kier molecular flexibility index (Phi) is 4.77. The largest absolute Gasteiger partial charge is 0.497 e. The fourth-order valence-electron chi connectivity index (χ4n) is 2.60. The maximum Gasteiger partial charge on any atom is 0.497 e. The normalized spacial score (nSPS) is 18.7. The number of ether oxygens (including phenoxy) is 1. The van der Waals surface area contributed by atoms with E-state index in [4.69, 9.17) is 14.0 Å². The fourth-order valence-corrected chi connectivity index (χ4v) is 3.49. The molecule has 0 aliphatic carbocycles. The molecule has 3 rings (SSSR count). The molecule has 1 amide bonds. The van der Waals surface area contributed by atoms with Crippen molar-refractivity contribution in [3.8, 4) is 0 Å². The first kappa shape index (κ1) is 20.0. The van der Waals surface area contributed by atoms with Gasteiger partial charge in [0.15, 0.2) is 5.13 Å². The van der Waals surface area contributed by atoms with Crippen LogP contribution in [0.3, 0.4) is 0 Å². The maximum absolute atomic E-state index is 14.3. The highest BCUT2D eigenvalue weighted by molar-refractivity contribution is 7.22. The number of nitrogens with one attached hydrogen (secondary N) is 1. The standard InChI is InChI=1S/C18H24BFN2O4S/c1-16(2,3)24-15(23)22-14-21-12-10(8-9-11(20)13(12)27-14)19-25-17(4,5)18(6,7)26-19/h8-9H,1-7H3,(H,21,22,23). The van der Waals surface area contributed by atoms with Crippen LogP contribution in [0.15, 0.2) is 12.1 Å². The summed E-state index contributed by atoms with van der Waals surface area (Å²) in [6.07, 6.45) is -0.640. The van der Waals surface area contributed by atoms with Crippen molar-refractivity contribution in [1.29, 1.82) is 0 Å². The lowest BCUT2D eigenvalue weighted by atomic mass is 9.78. The summed E-state index contributed by atoms with van der Waals surface area (Å²) in [4.78, 5) is 16.4. The summed E-state index contributed by atoms with van der Waals surface area (Å²) in [7, 11) is -0.672. The molecule has 0 radical (unpaired) electrons. The predicted molar refractivity (Wildman–Crippen MR) is 105 cm³/mol. The molecule has 0 unspecified atom stereocenters. The number of hydrogen-bond acceptors (Lipinski definition) is 6. The number of halogens is 1. The molecule has 0 atom stereocenters. The highest BCUT2D eigenvalue weighted by atomic mass is 32.1. The van der Waals surface area contributed by atoms with Gasteiger partial charge in [-0.3, -0.25) is 5.32 Å². The number of aromatic nitrogens is 1. The maximum atomic E-state index is 14.3. The molecule has 1 N–H and O–H groups in total. The molecule has 0 saturated carbocycles. The van der Waals surface area contributed by atoms with Crippen LogP contribution in [0, 0.1) is 5.82 Å². The van der Waals surface area contributed by atoms with E-state index in [9.17, 15) is 9.18 Å². The third-order valence-corrected chi connectivity index (χ3v) is 5.62. The van der Waals surface area contributed by atoms with Gasteiger partial charge in [0.25, 0.3) is 0 Å². The number of carbonyl (C=O) groups excluding carboxylic acids is 1. The lowest BCUT2D eigenvalue weighted by molar-refractivity contribution is 0.00578. The minimum absolute atomic E-state index is 0.252. The van der Waals surface area contributed by atoms with Crippen LogP contribution in [0.2, 0.25) is 0 Å². The van der Waals surface area contributed by atoms with Gasteiger partial charge in [-0.25, -0.2) is 14.2 Å². The molecular formula is C18H24BFN2O4S. The highest BCUT2D eigenvalue weighted by Crippen LogP contribution is 2.37. The van der Waals surface area contributed by atoms with Gasteiger partial charge in [-0.15, -0.1) is 0 Å². The smallest absolute Gasteiger partial charge is 0.444 e. The van der Waals surface area contributed by atoms with Crippen molar-refractivity contribution in [2.24, 2.45) is 0 Å². The van der Waals surface area contributed by atoms with E-state index in [1.54, 1.807) is 26.8 Å². The highest BCUT2D eigenvalue weighted by Gasteiger charge is 2.52. The van der Waals surface area contributed by atoms with Gasteiger partial charge < -0.3 is 14.0 Å². The van der Waals surface area contributed by atoms with Crippen molar-refractivity contribution in [2.75, 3.05) is 5.32 Å². The third-order valence-electron chi connectivity index (χ3n) is 4.64. The van der Waals surface area contributed by atoms with E-state index >= 15 is 0 Å². The topological polar surface area (TPSA) is 69.7 Å². The van der Waals surface area contributed by atoms with Crippen LogP contribution in [0.5, 0.6) is 0 Å². The van der Waals surface area contributed by atoms with Crippen molar-refractivity contribution in [2.45, 2.75) is 65.3 Å². The van der Waals surface area contributed by atoms with Gasteiger partial charge in [0.2, 0.25) is 0 Å². The van der Waals surface area contributed by atoms with Gasteiger partial charge in [0.05, 0.1) is 21.4 Å². The second kappa shape index (κ2) is 6.43. The van der Waals surface area contributed by atoms with Crippen LogP contribution in [-0.4, -0.2) is 35.0 Å². The molecular weight excluding hydrogens is 370 g/mol. The molecule has 0 bridgehead atoms. The van der Waals surface area contributed by atoms with E-state index in [-0.39, 0.29) is 5.13 Å². The Hall–Kier alpha value is -1.71. The Morgan fingerprint density at radius 2 is 1.81 bits per heavy atom. The molecule has 0 spiro atoms. The van der Waals surface area contributed by atoms with Gasteiger partial charge in [0.1, 0.15) is 11.4 Å². The van der Waals surface area contributed by atoms with Gasteiger partial charge in [-0.05, 0) is 54.5 Å². The summed E-state index contributed by atoms with van der Waals surface area (Å²) in [5.41, 5.74) is -0.652. The lowest BCUT2D eigenvalue weighted by Gasteiger charge is -2.32. The molecule has 1 aliphatic rings. The van der Waals surface area contributed by atoms with Crippen molar-refractivity contribution in [3.63, 3.8) is 0 Å². The Bertz CT molecular complexity index is 875. The number of carbonyl (C=O) groups is 1. The van der Waals surface area contributed by atoms with Crippen LogP contribution in [-0.2, 0) is 14.0 Å². The van der Waals surface area contributed by atoms with Crippen molar-refractivity contribution >= 4 is 45.4 Å². The van der Waals surface area contributed by atoms with Crippen LogP contribution >= 0.6 is 11.3 Å². The molecule has 1 saturated heterocycles. The van der Waals surface area contributed by atoms with Crippen LogP contribution in [0.25, 0.3) is 10.2 Å². The Morgan fingerprint density at radius 3 is 2.37 bits per heavy atom. The second-order valence-corrected chi connectivity index (χ2v) is 9.55. The molecule has 27 heavy (non-hydrogen) atoms. The molecule has 2 aromatic rings. The number of thiazole rings is 1. The molecule has 2 heterocycles. The molecule has 1 aromatic heterocycles. The van der Waals surface area contributed by atoms with Crippen LogP contribution in [0.1, 0.15) is 48.5 Å². The SMILES string of the molecule is CC(C)(C)OC(=O)Nc1nc2c(B3OC(C)(C)C(C)(C)O3)ccc(F)c2s1. The van der Waals surface area contributed by atoms with Crippen molar-refractivity contribution < 1.29 is 23.2 Å². The van der Waals surface area contributed by atoms with Gasteiger partial charge in [0, 0.05) is 5.46 Å². The number of amides is 1. The number of hydrogen-bond donors (Lipinski definition) is 1. The number of nitrogens with zero attached hydrogens (tertiary/aromatic N) is 1. The van der Waals surface area contributed by atoms with E-state index in [1.807, 2.05) is 27.7 Å². The molecule has 6 nitrogen and oxygen atoms in total. The molecule has 1 aromatic carbocycles. The summed E-state index contributed by atoms with van der Waals surface area (Å²) < 4.78 is 32.0. The van der Waals surface area contributed by atoms with E-state index < -0.39 is 35.8 Å². The second-order valence-electron chi connectivity index (χ2n) is 8.55. The van der Waals surface area contributed by atoms with Gasteiger partial charge in [-0.1, -0.05) is 17.4 Å². The van der Waals surface area contributed by atoms with Gasteiger partial charge in [-0.2, -0.15) is 0 Å². The molecule has 1 fully saturated rings. The zero-order valence-corrected chi connectivity index (χ0v) is 17.4. The van der Waals surface area contributed by atoms with Gasteiger partial charge >= 0.3 is 13.2 Å². The first-order valence-corrected chi connectivity index (χ1v) is 9.55. The summed E-state index contributed by atoms with van der Waals surface area (Å²) >= 11 is 1.04. The molecule has 1 aliphatic heterocycles. The van der Waals surface area contributed by atoms with Crippen molar-refractivity contribution in [1.82, 2.24) is 4.98 Å². The zero-order valence-electron chi connectivity index (χ0n) is 16.6. The summed E-state index contributed by atoms with van der Waals surface area (Å²) in [6.45, 7) is 13.1. The van der Waals surface area contributed by atoms with E-state index in [2.05, 4.69) is 10.3 Å². The number of anilines is 1. The Balaban J connectivity index is 1.94. The van der Waals surface area contributed by atoms with E-state index in [0.29, 0.717) is 15.7 Å². The quantitative estimate of drug-likeness (QED) is 0.778. The first-order valence-electron chi connectivity index (χ1n) is 8.74. The summed E-state index contributed by atoms with van der Waals surface area (Å²) in [6, 6.07) is 2.97. The zero-order chi connectivity index (χ0) is 20.2. The molecule has 9 heteroatoms. The van der Waals surface area contributed by atoms with Crippen molar-refractivity contribution in [3.05, 3.63) is 17.9 Å². The summed E-state index contributed by atoms with van der Waals surface area (Å²) in [5, 5.41) is 2.82. The third kappa shape index (κ3) is 3.95. The number of rotatable bonds is 2. The Labute approximate surface area is 162 Å². The minimum Gasteiger partial charge on any atom is -0.444 e. The number of fused-ring (bicyclic) bond motifs is 1. The first-order chi connectivity index (χ1) is 12.3. The van der Waals surface area contributed by atoms with Crippen LogP contribution < -0.4 is 10.8 Å². The predicted octanol–water partition coefficient (Wildman–Crippen LogP) is 4.08. The van der Waals surface area contributed by atoms with E-state index in [1.165, 1.54) is 6.07 Å². The Morgan fingerprint density at radius 1 is 1.22 bits per heavy atom. The monoisotopic (exact) mass is 394 g/mol. The lowest BCUT2D eigenvalue weighted by Crippen LogP contribution is -2.41.